The van der Waals surface area contributed by atoms with Gasteiger partial charge in [0.15, 0.2) is 5.66 Å². The number of halogens is 1. The van der Waals surface area contributed by atoms with Crippen LogP contribution in [0.2, 0.25) is 0 Å². The van der Waals surface area contributed by atoms with Crippen LogP contribution in [0.4, 0.5) is 4.79 Å². The first-order valence-electron chi connectivity index (χ1n) is 9.42. The summed E-state index contributed by atoms with van der Waals surface area (Å²) in [4.78, 5) is 34.7. The lowest BCUT2D eigenvalue weighted by Crippen LogP contribution is -2.46. The lowest BCUT2D eigenvalue weighted by molar-refractivity contribution is -0.131. The van der Waals surface area contributed by atoms with Gasteiger partial charge in [-0.3, -0.25) is 9.98 Å². The third-order valence-electron chi connectivity index (χ3n) is 4.61. The molecule has 0 saturated carbocycles. The molecule has 1 aromatic carbocycles. The van der Waals surface area contributed by atoms with Crippen LogP contribution in [0, 0.1) is 0 Å². The Hall–Kier alpha value is -2.48. The normalized spacial score (nSPS) is 18.7. The molecule has 0 atom stereocenters. The first kappa shape index (κ1) is 21.2. The number of likely N-dealkylation sites (tertiary alicyclic amines) is 1. The van der Waals surface area contributed by atoms with Gasteiger partial charge in [-0.15, -0.1) is 0 Å². The fourth-order valence-electron chi connectivity index (χ4n) is 3.25. The molecule has 7 nitrogen and oxygen atoms in total. The van der Waals surface area contributed by atoms with E-state index in [1.165, 1.54) is 6.08 Å². The van der Waals surface area contributed by atoms with Gasteiger partial charge in [0.1, 0.15) is 5.60 Å². The van der Waals surface area contributed by atoms with Crippen molar-refractivity contribution in [1.29, 1.82) is 0 Å². The quantitative estimate of drug-likeness (QED) is 0.686. The maximum Gasteiger partial charge on any atom is 0.410 e. The Balaban J connectivity index is 1.83. The summed E-state index contributed by atoms with van der Waals surface area (Å²) in [5.41, 5.74) is 0.855. The molecule has 3 rings (SSSR count). The van der Waals surface area contributed by atoms with E-state index in [-0.39, 0.29) is 6.09 Å². The molecule has 1 spiro atoms. The van der Waals surface area contributed by atoms with E-state index < -0.39 is 17.2 Å². The largest absolute Gasteiger partial charge is 0.478 e. The SMILES string of the molecule is CC(C)(C)OC(=O)N1CCC2(CC1)N=C(C=CC(=O)O)C(c1ccc(Br)cc1)=N2. The van der Waals surface area contributed by atoms with Crippen molar-refractivity contribution in [3.8, 4) is 0 Å². The zero-order valence-corrected chi connectivity index (χ0v) is 18.3. The molecular weight excluding hydrogens is 438 g/mol. The smallest absolute Gasteiger partial charge is 0.410 e. The van der Waals surface area contributed by atoms with Crippen molar-refractivity contribution in [3.05, 3.63) is 46.5 Å². The summed E-state index contributed by atoms with van der Waals surface area (Å²) < 4.78 is 6.39. The van der Waals surface area contributed by atoms with Crippen molar-refractivity contribution in [2.45, 2.75) is 44.9 Å². The molecule has 29 heavy (non-hydrogen) atoms. The Morgan fingerprint density at radius 2 is 1.79 bits per heavy atom. The molecule has 1 saturated heterocycles. The molecule has 2 aliphatic rings. The van der Waals surface area contributed by atoms with Gasteiger partial charge in [-0.25, -0.2) is 9.59 Å². The van der Waals surface area contributed by atoms with Crippen molar-refractivity contribution in [1.82, 2.24) is 4.90 Å². The molecular formula is C21H24BrN3O4. The summed E-state index contributed by atoms with van der Waals surface area (Å²) in [5, 5.41) is 9.01. The van der Waals surface area contributed by atoms with Gasteiger partial charge < -0.3 is 14.7 Å². The molecule has 1 fully saturated rings. The number of rotatable bonds is 3. The second kappa shape index (κ2) is 8.10. The number of benzene rings is 1. The minimum atomic E-state index is -1.04. The average Bonchev–Trinajstić information content (AvgIpc) is 2.98. The number of ether oxygens (including phenoxy) is 1. The van der Waals surface area contributed by atoms with Gasteiger partial charge in [0, 0.05) is 42.0 Å². The highest BCUT2D eigenvalue weighted by Gasteiger charge is 2.40. The molecule has 0 unspecified atom stereocenters. The van der Waals surface area contributed by atoms with Gasteiger partial charge in [0.25, 0.3) is 0 Å². The van der Waals surface area contributed by atoms with E-state index >= 15 is 0 Å². The summed E-state index contributed by atoms with van der Waals surface area (Å²) in [6.45, 7) is 6.48. The zero-order valence-electron chi connectivity index (χ0n) is 16.7. The Morgan fingerprint density at radius 3 is 2.34 bits per heavy atom. The van der Waals surface area contributed by atoms with Crippen LogP contribution in [0.5, 0.6) is 0 Å². The average molecular weight is 462 g/mol. The molecule has 1 amide bonds. The van der Waals surface area contributed by atoms with Gasteiger partial charge in [-0.2, -0.15) is 0 Å². The molecule has 8 heteroatoms. The number of carboxylic acids is 1. The number of carboxylic acid groups (broad SMARTS) is 1. The number of aliphatic carboxylic acids is 1. The first-order valence-corrected chi connectivity index (χ1v) is 10.2. The number of carbonyl (C=O) groups excluding carboxylic acids is 1. The lowest BCUT2D eigenvalue weighted by Gasteiger charge is -2.36. The predicted molar refractivity (Wildman–Crippen MR) is 115 cm³/mol. The molecule has 0 aliphatic carbocycles. The molecule has 154 valence electrons. The van der Waals surface area contributed by atoms with Crippen LogP contribution < -0.4 is 0 Å². The molecule has 1 aromatic rings. The molecule has 0 radical (unpaired) electrons. The van der Waals surface area contributed by atoms with Crippen molar-refractivity contribution >= 4 is 39.4 Å². The maximum absolute atomic E-state index is 12.3. The van der Waals surface area contributed by atoms with Crippen LogP contribution in [0.1, 0.15) is 39.2 Å². The second-order valence-electron chi connectivity index (χ2n) is 8.09. The number of nitrogens with zero attached hydrogens (tertiary/aromatic N) is 3. The van der Waals surface area contributed by atoms with Gasteiger partial charge >= 0.3 is 12.1 Å². The van der Waals surface area contributed by atoms with E-state index in [2.05, 4.69) is 15.9 Å². The van der Waals surface area contributed by atoms with Crippen LogP contribution in [0.3, 0.4) is 0 Å². The summed E-state index contributed by atoms with van der Waals surface area (Å²) in [7, 11) is 0. The first-order chi connectivity index (χ1) is 13.6. The van der Waals surface area contributed by atoms with Gasteiger partial charge in [0.05, 0.1) is 11.4 Å². The number of hydrogen-bond acceptors (Lipinski definition) is 5. The van der Waals surface area contributed by atoms with Crippen molar-refractivity contribution in [2.75, 3.05) is 13.1 Å². The summed E-state index contributed by atoms with van der Waals surface area (Å²) >= 11 is 3.42. The summed E-state index contributed by atoms with van der Waals surface area (Å²) in [6, 6.07) is 7.66. The summed E-state index contributed by atoms with van der Waals surface area (Å²) in [6.07, 6.45) is 3.32. The van der Waals surface area contributed by atoms with Gasteiger partial charge in [0.2, 0.25) is 0 Å². The fraction of sp³-hybridized carbons (Fsp3) is 0.429. The highest BCUT2D eigenvalue weighted by Crippen LogP contribution is 2.34. The number of amides is 1. The topological polar surface area (TPSA) is 91.6 Å². The minimum Gasteiger partial charge on any atom is -0.478 e. The van der Waals surface area contributed by atoms with E-state index in [0.717, 1.165) is 16.1 Å². The number of piperidine rings is 1. The number of carbonyl (C=O) groups is 2. The van der Waals surface area contributed by atoms with Crippen LogP contribution in [0.25, 0.3) is 0 Å². The standard InChI is InChI=1S/C21H24BrN3O4/c1-20(2,3)29-19(28)25-12-10-21(11-13-25)23-16(8-9-17(26)27)18(24-21)14-4-6-15(22)7-5-14/h4-9H,10-13H2,1-3H3,(H,26,27). The zero-order chi connectivity index (χ0) is 21.2. The molecule has 0 bridgehead atoms. The number of hydrogen-bond donors (Lipinski definition) is 1. The Kier molecular flexibility index (Phi) is 5.93. The monoisotopic (exact) mass is 461 g/mol. The van der Waals surface area contributed by atoms with E-state index in [1.807, 2.05) is 45.0 Å². The Bertz CT molecular complexity index is 889. The predicted octanol–water partition coefficient (Wildman–Crippen LogP) is 4.06. The number of aliphatic imine (C=N–C) groups is 2. The highest BCUT2D eigenvalue weighted by atomic mass is 79.9. The Morgan fingerprint density at radius 1 is 1.17 bits per heavy atom. The maximum atomic E-state index is 12.3. The third kappa shape index (κ3) is 5.32. The molecule has 2 heterocycles. The lowest BCUT2D eigenvalue weighted by atomic mass is 9.99. The molecule has 0 aromatic heterocycles. The molecule has 2 aliphatic heterocycles. The van der Waals surface area contributed by atoms with Crippen LogP contribution in [-0.4, -0.2) is 57.8 Å². The van der Waals surface area contributed by atoms with Crippen molar-refractivity contribution in [3.63, 3.8) is 0 Å². The van der Waals surface area contributed by atoms with Crippen LogP contribution in [0.15, 0.2) is 50.9 Å². The van der Waals surface area contributed by atoms with Gasteiger partial charge in [-0.1, -0.05) is 28.1 Å². The van der Waals surface area contributed by atoms with E-state index in [9.17, 15) is 9.59 Å². The van der Waals surface area contributed by atoms with Gasteiger partial charge in [-0.05, 0) is 39.0 Å². The second-order valence-corrected chi connectivity index (χ2v) is 9.00. The van der Waals surface area contributed by atoms with Crippen LogP contribution in [-0.2, 0) is 9.53 Å². The van der Waals surface area contributed by atoms with Crippen molar-refractivity contribution < 1.29 is 19.4 Å². The third-order valence-corrected chi connectivity index (χ3v) is 5.14. The van der Waals surface area contributed by atoms with Crippen LogP contribution >= 0.6 is 15.9 Å². The fourth-order valence-corrected chi connectivity index (χ4v) is 3.52. The van der Waals surface area contributed by atoms with Crippen molar-refractivity contribution in [2.24, 2.45) is 9.98 Å². The van der Waals surface area contributed by atoms with E-state index in [1.54, 1.807) is 4.90 Å². The van der Waals surface area contributed by atoms with E-state index in [0.29, 0.717) is 37.4 Å². The number of allylic oxidation sites excluding steroid dienone is 1. The Labute approximate surface area is 178 Å². The minimum absolute atomic E-state index is 0.336. The summed E-state index contributed by atoms with van der Waals surface area (Å²) in [5.74, 6) is -1.04. The molecule has 1 N–H and O–H groups in total. The van der Waals surface area contributed by atoms with E-state index in [4.69, 9.17) is 19.8 Å². The highest BCUT2D eigenvalue weighted by molar-refractivity contribution is 9.10.